The lowest BCUT2D eigenvalue weighted by atomic mass is 10.0. The van der Waals surface area contributed by atoms with Gasteiger partial charge in [-0.05, 0) is 57.3 Å². The summed E-state index contributed by atoms with van der Waals surface area (Å²) in [5.41, 5.74) is 0. The monoisotopic (exact) mass is 762 g/mol. The van der Waals surface area contributed by atoms with Gasteiger partial charge in [0.1, 0.15) is 12.7 Å². The molecule has 0 saturated carbocycles. The summed E-state index contributed by atoms with van der Waals surface area (Å²) in [5.74, 6) is -0.493. The van der Waals surface area contributed by atoms with Gasteiger partial charge in [0.05, 0.1) is 32.0 Å². The molecule has 0 aromatic heterocycles. The number of phosphoric acid groups is 1. The number of aliphatic hydroxyl groups is 4. The van der Waals surface area contributed by atoms with Crippen molar-refractivity contribution in [2.24, 2.45) is 5.92 Å². The summed E-state index contributed by atoms with van der Waals surface area (Å²) in [7, 11) is -4.69. The minimum atomic E-state index is -4.69. The third kappa shape index (κ3) is 32.7. The summed E-state index contributed by atoms with van der Waals surface area (Å²) in [5, 5.41) is 38.9. The molecule has 0 bridgehead atoms. The number of hydrogen-bond donors (Lipinski definition) is 5. The molecule has 0 spiro atoms. The van der Waals surface area contributed by atoms with E-state index in [0.29, 0.717) is 6.42 Å². The number of carbonyl (C=O) groups is 2. The predicted molar refractivity (Wildman–Crippen MR) is 203 cm³/mol. The zero-order valence-corrected chi connectivity index (χ0v) is 33.0. The Balaban J connectivity index is 4.64. The van der Waals surface area contributed by atoms with E-state index in [-0.39, 0.29) is 32.1 Å². The highest BCUT2D eigenvalue weighted by molar-refractivity contribution is 7.47. The Morgan fingerprint density at radius 3 is 1.92 bits per heavy atom. The normalized spacial score (nSPS) is 15.7. The van der Waals surface area contributed by atoms with Crippen LogP contribution in [0.3, 0.4) is 0 Å². The number of unbranched alkanes of at least 4 members (excludes halogenated alkanes) is 9. The molecule has 5 atom stereocenters. The summed E-state index contributed by atoms with van der Waals surface area (Å²) < 4.78 is 32.4. The maximum absolute atomic E-state index is 12.6. The lowest BCUT2D eigenvalue weighted by Crippen LogP contribution is -2.30. The minimum absolute atomic E-state index is 0.130. The molecule has 0 saturated heterocycles. The first-order chi connectivity index (χ1) is 24.9. The number of hydrogen-bond acceptors (Lipinski definition) is 11. The van der Waals surface area contributed by atoms with Crippen LogP contribution in [0, 0.1) is 5.92 Å². The molecule has 0 rings (SSSR count). The first kappa shape index (κ1) is 50.1. The van der Waals surface area contributed by atoms with Gasteiger partial charge in [0, 0.05) is 12.8 Å². The van der Waals surface area contributed by atoms with Gasteiger partial charge in [-0.25, -0.2) is 4.57 Å². The minimum Gasteiger partial charge on any atom is -0.462 e. The molecule has 0 heterocycles. The van der Waals surface area contributed by atoms with Crippen LogP contribution in [-0.2, 0) is 32.7 Å². The first-order valence-electron chi connectivity index (χ1n) is 19.5. The van der Waals surface area contributed by atoms with E-state index >= 15 is 0 Å². The number of carbonyl (C=O) groups excluding carboxylic acids is 2. The summed E-state index contributed by atoms with van der Waals surface area (Å²) in [6, 6.07) is 0. The van der Waals surface area contributed by atoms with E-state index < -0.39 is 70.6 Å². The molecular weight excluding hydrogens is 691 g/mol. The van der Waals surface area contributed by atoms with Crippen molar-refractivity contribution in [3.05, 3.63) is 36.5 Å². The van der Waals surface area contributed by atoms with Gasteiger partial charge in [0.25, 0.3) is 0 Å². The van der Waals surface area contributed by atoms with E-state index in [4.69, 9.17) is 19.1 Å². The van der Waals surface area contributed by atoms with Crippen molar-refractivity contribution in [1.29, 1.82) is 0 Å². The molecule has 0 aromatic rings. The standard InChI is InChI=1S/C39H71O12P/c1-4-5-6-7-8-9-10-11-12-15-18-21-25-36(42)37(43)26-23-28-39(45)51-35(32-50-52(46,47)49-30-34(41)29-40)31-48-38(44)27-22-19-16-13-14-17-20-24-33(2)3/h8-9,11-12,18,21,33-37,40-43H,4-7,10,13-17,19-20,22-32H2,1-3H3,(H,46,47)/b9-8-,12-11-,21-18-/t34-,35+,36?,37?/m0/s1. The molecule has 0 aliphatic carbocycles. The van der Waals surface area contributed by atoms with Gasteiger partial charge in [-0.3, -0.25) is 18.6 Å². The highest BCUT2D eigenvalue weighted by Gasteiger charge is 2.27. The molecule has 3 unspecified atom stereocenters. The number of rotatable bonds is 35. The van der Waals surface area contributed by atoms with E-state index in [1.165, 1.54) is 44.9 Å². The number of allylic oxidation sites excluding steroid dienone is 5. The van der Waals surface area contributed by atoms with Crippen molar-refractivity contribution in [1.82, 2.24) is 0 Å². The Labute approximate surface area is 313 Å². The van der Waals surface area contributed by atoms with Crippen LogP contribution in [0.5, 0.6) is 0 Å². The second-order valence-corrected chi connectivity index (χ2v) is 15.2. The van der Waals surface area contributed by atoms with Gasteiger partial charge in [0.15, 0.2) is 6.10 Å². The van der Waals surface area contributed by atoms with E-state index in [2.05, 4.69) is 43.5 Å². The Bertz CT molecular complexity index is 1020. The zero-order chi connectivity index (χ0) is 38.9. The molecule has 52 heavy (non-hydrogen) atoms. The molecule has 0 radical (unpaired) electrons. The topological polar surface area (TPSA) is 189 Å². The third-order valence-corrected chi connectivity index (χ3v) is 9.13. The molecule has 304 valence electrons. The van der Waals surface area contributed by atoms with Crippen molar-refractivity contribution >= 4 is 19.8 Å². The quantitative estimate of drug-likeness (QED) is 0.0186. The smallest absolute Gasteiger partial charge is 0.462 e. The average molecular weight is 763 g/mol. The Morgan fingerprint density at radius 2 is 1.27 bits per heavy atom. The summed E-state index contributed by atoms with van der Waals surface area (Å²) in [6.45, 7) is 4.22. The van der Waals surface area contributed by atoms with Crippen LogP contribution in [0.4, 0.5) is 0 Å². The highest BCUT2D eigenvalue weighted by atomic mass is 31.2. The molecule has 0 aliphatic rings. The first-order valence-corrected chi connectivity index (χ1v) is 21.0. The lowest BCUT2D eigenvalue weighted by Gasteiger charge is -2.20. The highest BCUT2D eigenvalue weighted by Crippen LogP contribution is 2.43. The maximum Gasteiger partial charge on any atom is 0.472 e. The van der Waals surface area contributed by atoms with Crippen molar-refractivity contribution < 1.29 is 58.0 Å². The van der Waals surface area contributed by atoms with Crippen LogP contribution >= 0.6 is 7.82 Å². The fourth-order valence-corrected chi connectivity index (χ4v) is 5.77. The van der Waals surface area contributed by atoms with Crippen molar-refractivity contribution in [2.75, 3.05) is 26.4 Å². The van der Waals surface area contributed by atoms with Crippen molar-refractivity contribution in [3.63, 3.8) is 0 Å². The summed E-state index contributed by atoms with van der Waals surface area (Å²) in [4.78, 5) is 34.8. The maximum atomic E-state index is 12.6. The van der Waals surface area contributed by atoms with E-state index in [0.717, 1.165) is 44.4 Å². The van der Waals surface area contributed by atoms with Crippen LogP contribution in [0.15, 0.2) is 36.5 Å². The summed E-state index contributed by atoms with van der Waals surface area (Å²) in [6.07, 6.45) is 23.2. The van der Waals surface area contributed by atoms with Crippen LogP contribution in [0.1, 0.15) is 143 Å². The molecule has 12 nitrogen and oxygen atoms in total. The summed E-state index contributed by atoms with van der Waals surface area (Å²) >= 11 is 0. The predicted octanol–water partition coefficient (Wildman–Crippen LogP) is 7.41. The fraction of sp³-hybridized carbons (Fsp3) is 0.795. The molecule has 0 aliphatic heterocycles. The number of aliphatic hydroxyl groups excluding tert-OH is 4. The number of esters is 2. The Hall–Kier alpha value is -1.89. The van der Waals surface area contributed by atoms with E-state index in [1.807, 2.05) is 18.2 Å². The largest absolute Gasteiger partial charge is 0.472 e. The molecule has 0 fully saturated rings. The second-order valence-electron chi connectivity index (χ2n) is 13.7. The van der Waals surface area contributed by atoms with Crippen LogP contribution in [0.2, 0.25) is 0 Å². The van der Waals surface area contributed by atoms with Crippen molar-refractivity contribution in [3.8, 4) is 0 Å². The SMILES string of the molecule is CCCCC/C=C\C/C=C\C/C=C\CC(O)C(O)CCCC(=O)O[C@H](COC(=O)CCCCCCCCCC(C)C)COP(=O)(O)OC[C@@H](O)CO. The van der Waals surface area contributed by atoms with E-state index in [1.54, 1.807) is 0 Å². The molecule has 0 aromatic carbocycles. The van der Waals surface area contributed by atoms with Gasteiger partial charge in [-0.15, -0.1) is 0 Å². The van der Waals surface area contributed by atoms with E-state index in [9.17, 15) is 34.4 Å². The second kappa shape index (κ2) is 33.7. The Kier molecular flexibility index (Phi) is 32.4. The van der Waals surface area contributed by atoms with Gasteiger partial charge >= 0.3 is 19.8 Å². The third-order valence-electron chi connectivity index (χ3n) is 8.18. The molecule has 5 N–H and O–H groups in total. The Morgan fingerprint density at radius 1 is 0.673 bits per heavy atom. The number of phosphoric ester groups is 1. The van der Waals surface area contributed by atoms with Crippen molar-refractivity contribution in [2.45, 2.75) is 167 Å². The molecule has 13 heteroatoms. The van der Waals surface area contributed by atoms with Gasteiger partial charge in [-0.1, -0.05) is 115 Å². The average Bonchev–Trinajstić information content (AvgIpc) is 3.11. The number of ether oxygens (including phenoxy) is 2. The molecule has 0 amide bonds. The zero-order valence-electron chi connectivity index (χ0n) is 32.2. The van der Waals surface area contributed by atoms with Crippen LogP contribution in [0.25, 0.3) is 0 Å². The van der Waals surface area contributed by atoms with Crippen LogP contribution in [-0.4, -0.2) is 88.1 Å². The molecular formula is C39H71O12P. The van der Waals surface area contributed by atoms with Gasteiger partial charge in [-0.2, -0.15) is 0 Å². The fourth-order valence-electron chi connectivity index (χ4n) is 4.99. The van der Waals surface area contributed by atoms with Gasteiger partial charge < -0.3 is 34.8 Å². The van der Waals surface area contributed by atoms with Crippen LogP contribution < -0.4 is 0 Å². The van der Waals surface area contributed by atoms with Gasteiger partial charge in [0.2, 0.25) is 0 Å². The lowest BCUT2D eigenvalue weighted by molar-refractivity contribution is -0.161.